The lowest BCUT2D eigenvalue weighted by atomic mass is 10.0. The normalized spacial score (nSPS) is 16.2. The second kappa shape index (κ2) is 10.9. The lowest BCUT2D eigenvalue weighted by Gasteiger charge is -2.33. The van der Waals surface area contributed by atoms with E-state index in [1.54, 1.807) is 19.5 Å². The molecule has 1 fully saturated rings. The molecule has 9 nitrogen and oxygen atoms in total. The average molecular weight is 596 g/mol. The average Bonchev–Trinajstić information content (AvgIpc) is 3.63. The van der Waals surface area contributed by atoms with Gasteiger partial charge < -0.3 is 23.4 Å². The number of benzene rings is 2. The summed E-state index contributed by atoms with van der Waals surface area (Å²) in [4.78, 5) is 18.7. The number of rotatable bonds is 7. The number of aryl methyl sites for hydroxylation is 1. The van der Waals surface area contributed by atoms with Gasteiger partial charge in [0.15, 0.2) is 21.4 Å². The fraction of sp³-hybridized carbons (Fsp3) is 0.233. The summed E-state index contributed by atoms with van der Waals surface area (Å²) in [5.41, 5.74) is 1.58. The highest BCUT2D eigenvalue weighted by atomic mass is 32.2. The summed E-state index contributed by atoms with van der Waals surface area (Å²) < 4.78 is 71.6. The first kappa shape index (κ1) is 27.9. The van der Waals surface area contributed by atoms with Crippen molar-refractivity contribution in [3.63, 3.8) is 0 Å². The zero-order valence-electron chi connectivity index (χ0n) is 22.8. The van der Waals surface area contributed by atoms with Gasteiger partial charge in [0.1, 0.15) is 22.8 Å². The molecule has 42 heavy (non-hydrogen) atoms. The van der Waals surface area contributed by atoms with Crippen molar-refractivity contribution in [1.82, 2.24) is 14.5 Å². The summed E-state index contributed by atoms with van der Waals surface area (Å²) in [6.45, 7) is 2.10. The molecule has 5 aromatic rings. The minimum atomic E-state index is -3.63. The van der Waals surface area contributed by atoms with Gasteiger partial charge in [-0.05, 0) is 48.5 Å². The number of ether oxygens (including phenoxy) is 2. The molecule has 2 aromatic carbocycles. The molecule has 0 bridgehead atoms. The number of fused-ring (bicyclic) bond motifs is 1. The number of halogens is 2. The van der Waals surface area contributed by atoms with Gasteiger partial charge in [-0.1, -0.05) is 0 Å². The quantitative estimate of drug-likeness (QED) is 0.277. The lowest BCUT2D eigenvalue weighted by Crippen LogP contribution is -2.38. The molecule has 0 radical (unpaired) electrons. The molecule has 0 spiro atoms. The number of morpholine rings is 1. The van der Waals surface area contributed by atoms with Crippen molar-refractivity contribution in [1.29, 1.82) is 0 Å². The molecule has 0 saturated carbocycles. The minimum Gasteiger partial charge on any atom is -0.468 e. The van der Waals surface area contributed by atoms with E-state index < -0.39 is 21.5 Å². The molecule has 1 saturated heterocycles. The number of nitrogens with zero attached hydrogens (tertiary/aromatic N) is 2. The number of aromatic nitrogens is 2. The second-order valence-corrected chi connectivity index (χ2v) is 12.2. The number of nitrogens with one attached hydrogen (secondary N) is 1. The number of H-pyrrole nitrogens is 1. The van der Waals surface area contributed by atoms with Crippen molar-refractivity contribution < 1.29 is 31.1 Å². The van der Waals surface area contributed by atoms with Crippen LogP contribution < -0.4 is 10.3 Å². The van der Waals surface area contributed by atoms with E-state index in [1.165, 1.54) is 22.8 Å². The highest BCUT2D eigenvalue weighted by Gasteiger charge is 2.28. The smallest absolute Gasteiger partial charge is 0.274 e. The molecule has 218 valence electrons. The molecule has 1 unspecified atom stereocenters. The van der Waals surface area contributed by atoms with Gasteiger partial charge in [-0.15, -0.1) is 0 Å². The molecule has 4 heterocycles. The van der Waals surface area contributed by atoms with Crippen LogP contribution in [-0.4, -0.2) is 48.9 Å². The maximum atomic E-state index is 14.5. The maximum Gasteiger partial charge on any atom is 0.274 e. The second-order valence-electron chi connectivity index (χ2n) is 10.2. The Morgan fingerprint density at radius 3 is 2.62 bits per heavy atom. The van der Waals surface area contributed by atoms with E-state index in [0.717, 1.165) is 29.8 Å². The molecule has 6 rings (SSSR count). The van der Waals surface area contributed by atoms with Crippen LogP contribution in [0.4, 0.5) is 8.78 Å². The topological polar surface area (TPSA) is 107 Å². The molecule has 0 aliphatic carbocycles. The third kappa shape index (κ3) is 5.36. The summed E-state index contributed by atoms with van der Waals surface area (Å²) in [6.07, 6.45) is 4.27. The number of aromatic amines is 1. The molecular formula is C30H27F2N3O6S. The van der Waals surface area contributed by atoms with E-state index in [2.05, 4.69) is 9.88 Å². The molecule has 1 atom stereocenters. The number of furan rings is 1. The Hall–Kier alpha value is -4.26. The highest BCUT2D eigenvalue weighted by molar-refractivity contribution is 7.90. The van der Waals surface area contributed by atoms with Crippen LogP contribution >= 0.6 is 0 Å². The Morgan fingerprint density at radius 1 is 1.07 bits per heavy atom. The first-order chi connectivity index (χ1) is 20.1. The zero-order chi connectivity index (χ0) is 29.6. The Labute approximate surface area is 239 Å². The SMILES string of the molecule is Cn1cc(-c2cc(S(C)(=O)=O)ccc2Oc2ccc(F)cc2F)c2cc(CN3CCOCC3c3ccco3)[nH]c2c1=O. The largest absolute Gasteiger partial charge is 0.468 e. The van der Waals surface area contributed by atoms with Crippen LogP contribution in [0.5, 0.6) is 11.5 Å². The summed E-state index contributed by atoms with van der Waals surface area (Å²) >= 11 is 0. The van der Waals surface area contributed by atoms with Crippen LogP contribution in [0.2, 0.25) is 0 Å². The van der Waals surface area contributed by atoms with E-state index in [0.29, 0.717) is 54.4 Å². The molecule has 0 amide bonds. The molecule has 1 N–H and O–H groups in total. The Kier molecular flexibility index (Phi) is 7.21. The Balaban J connectivity index is 1.47. The van der Waals surface area contributed by atoms with Crippen molar-refractivity contribution in [2.75, 3.05) is 26.0 Å². The van der Waals surface area contributed by atoms with Crippen molar-refractivity contribution in [2.45, 2.75) is 17.5 Å². The van der Waals surface area contributed by atoms with Crippen LogP contribution in [0.15, 0.2) is 81.2 Å². The van der Waals surface area contributed by atoms with Crippen LogP contribution in [0, 0.1) is 11.6 Å². The third-order valence-electron chi connectivity index (χ3n) is 7.29. The van der Waals surface area contributed by atoms with Crippen LogP contribution in [0.1, 0.15) is 17.5 Å². The lowest BCUT2D eigenvalue weighted by molar-refractivity contribution is -0.0207. The highest BCUT2D eigenvalue weighted by Crippen LogP contribution is 2.39. The van der Waals surface area contributed by atoms with E-state index in [9.17, 15) is 22.0 Å². The van der Waals surface area contributed by atoms with E-state index in [4.69, 9.17) is 13.9 Å². The van der Waals surface area contributed by atoms with Crippen molar-refractivity contribution in [3.05, 3.63) is 100 Å². The van der Waals surface area contributed by atoms with Gasteiger partial charge in [-0.25, -0.2) is 17.2 Å². The fourth-order valence-corrected chi connectivity index (χ4v) is 5.84. The van der Waals surface area contributed by atoms with Gasteiger partial charge >= 0.3 is 0 Å². The van der Waals surface area contributed by atoms with Crippen LogP contribution in [0.25, 0.3) is 22.0 Å². The first-order valence-corrected chi connectivity index (χ1v) is 15.0. The summed E-state index contributed by atoms with van der Waals surface area (Å²) in [7, 11) is -2.05. The number of hydrogen-bond donors (Lipinski definition) is 1. The predicted octanol–water partition coefficient (Wildman–Crippen LogP) is 5.17. The van der Waals surface area contributed by atoms with Crippen LogP contribution in [-0.2, 0) is 28.2 Å². The van der Waals surface area contributed by atoms with Gasteiger partial charge in [-0.3, -0.25) is 9.69 Å². The predicted molar refractivity (Wildman–Crippen MR) is 151 cm³/mol. The molecule has 1 aliphatic heterocycles. The molecular weight excluding hydrogens is 568 g/mol. The van der Waals surface area contributed by atoms with Crippen LogP contribution in [0.3, 0.4) is 0 Å². The summed E-state index contributed by atoms with van der Waals surface area (Å²) in [5, 5.41) is 0.533. The Bertz CT molecular complexity index is 1950. The standard InChI is InChI=1S/C30H27F2N3O6S/c1-34-16-23(21-14-20(42(2,37)38)6-8-26(21)41-27-7-5-18(31)12-24(27)32)22-13-19(33-29(22)30(34)36)15-35-9-11-39-17-25(35)28-4-3-10-40-28/h3-8,10,12-14,16,25,33H,9,11,15,17H2,1-2H3. The monoisotopic (exact) mass is 595 g/mol. The number of hydrogen-bond acceptors (Lipinski definition) is 7. The van der Waals surface area contributed by atoms with Gasteiger partial charge in [-0.2, -0.15) is 0 Å². The molecule has 1 aliphatic rings. The number of sulfone groups is 1. The summed E-state index contributed by atoms with van der Waals surface area (Å²) in [5.74, 6) is -1.02. The zero-order valence-corrected chi connectivity index (χ0v) is 23.6. The number of pyridine rings is 1. The van der Waals surface area contributed by atoms with E-state index in [-0.39, 0.29) is 28.0 Å². The van der Waals surface area contributed by atoms with Crippen molar-refractivity contribution >= 4 is 20.7 Å². The fourth-order valence-electron chi connectivity index (χ4n) is 5.19. The van der Waals surface area contributed by atoms with E-state index >= 15 is 0 Å². The van der Waals surface area contributed by atoms with Gasteiger partial charge in [0.2, 0.25) is 0 Å². The van der Waals surface area contributed by atoms with Gasteiger partial charge in [0.05, 0.1) is 30.4 Å². The molecule has 12 heteroatoms. The van der Waals surface area contributed by atoms with Gasteiger partial charge in [0.25, 0.3) is 5.56 Å². The van der Waals surface area contributed by atoms with Gasteiger partial charge in [0, 0.05) is 60.9 Å². The summed E-state index contributed by atoms with van der Waals surface area (Å²) in [6, 6.07) is 12.6. The van der Waals surface area contributed by atoms with Crippen molar-refractivity contribution in [3.8, 4) is 22.6 Å². The first-order valence-electron chi connectivity index (χ1n) is 13.1. The molecule has 3 aromatic heterocycles. The third-order valence-corrected chi connectivity index (χ3v) is 8.40. The Morgan fingerprint density at radius 2 is 1.88 bits per heavy atom. The van der Waals surface area contributed by atoms with E-state index in [1.807, 2.05) is 18.2 Å². The van der Waals surface area contributed by atoms with Crippen molar-refractivity contribution in [2.24, 2.45) is 7.05 Å². The maximum absolute atomic E-state index is 14.5. The minimum absolute atomic E-state index is 0.0109.